The average Bonchev–Trinajstić information content (AvgIpc) is 3.99. The smallest absolute Gasteiger partial charge is 0.119 e. The predicted molar refractivity (Wildman–Crippen MR) is 219 cm³/mol. The normalized spacial score (nSPS) is 12.5. The van der Waals surface area contributed by atoms with Crippen LogP contribution in [0, 0.1) is 0 Å². The lowest BCUT2D eigenvalue weighted by molar-refractivity contribution is 0.449. The molecule has 1 aliphatic rings. The van der Waals surface area contributed by atoms with Crippen molar-refractivity contribution in [3.05, 3.63) is 194 Å². The highest BCUT2D eigenvalue weighted by atomic mass is 32.1. The highest BCUT2D eigenvalue weighted by molar-refractivity contribution is 7.78. The molecule has 4 aromatic carbocycles. The van der Waals surface area contributed by atoms with Crippen LogP contribution in [0.4, 0.5) is 5.69 Å². The summed E-state index contributed by atoms with van der Waals surface area (Å²) < 4.78 is 0. The van der Waals surface area contributed by atoms with Gasteiger partial charge in [0.05, 0.1) is 10.8 Å². The number of benzene rings is 4. The third kappa shape index (κ3) is 6.53. The summed E-state index contributed by atoms with van der Waals surface area (Å²) in [5.41, 5.74) is 8.14. The van der Waals surface area contributed by atoms with Crippen molar-refractivity contribution in [2.24, 2.45) is 4.99 Å². The molecule has 0 aliphatic carbocycles. The summed E-state index contributed by atoms with van der Waals surface area (Å²) in [6.07, 6.45) is 0. The Morgan fingerprint density at radius 1 is 0.368 bits per heavy atom. The molecular formula is C45H31N5O6S. The van der Waals surface area contributed by atoms with Gasteiger partial charge in [-0.1, -0.05) is 12.1 Å². The summed E-state index contributed by atoms with van der Waals surface area (Å²) in [6, 6.07) is 35.9. The first-order chi connectivity index (χ1) is 27.6. The number of isothiocyanates is 1. The number of fused-ring (bicyclic) bond motifs is 8. The molecule has 1 aliphatic heterocycles. The van der Waals surface area contributed by atoms with E-state index in [0.29, 0.717) is 83.3 Å². The van der Waals surface area contributed by atoms with Gasteiger partial charge in [-0.05, 0) is 132 Å². The molecule has 278 valence electrons. The molecule has 9 rings (SSSR count). The highest BCUT2D eigenvalue weighted by Gasteiger charge is 2.20. The van der Waals surface area contributed by atoms with Crippen molar-refractivity contribution in [3.63, 3.8) is 0 Å². The third-order valence-electron chi connectivity index (χ3n) is 9.78. The summed E-state index contributed by atoms with van der Waals surface area (Å²) in [4.78, 5) is 18.5. The number of hydrogen-bond acceptors (Lipinski definition) is 8. The Kier molecular flexibility index (Phi) is 8.39. The Balaban J connectivity index is 1.46. The maximum atomic E-state index is 10.6. The standard InChI is InChI=1S/C45H31N5O6S/c51-28-13-24(14-29(52)19-28)43-36-6-4-34(47-36)42(23-2-1-3-27(12-23)46-22-57)35-5-7-37(48-35)44(25-15-30(53)20-31(54)16-25)39-9-11-41(50-39)45(40-10-8-38(43)49-40)26-17-32(55)21-33(56)18-26/h1-21,47-56H. The van der Waals surface area contributed by atoms with Crippen molar-refractivity contribution in [2.75, 3.05) is 0 Å². The van der Waals surface area contributed by atoms with Gasteiger partial charge in [-0.15, -0.1) is 0 Å². The summed E-state index contributed by atoms with van der Waals surface area (Å²) >= 11 is 4.92. The molecule has 8 aromatic rings. The van der Waals surface area contributed by atoms with Crippen LogP contribution in [0.3, 0.4) is 0 Å². The quantitative estimate of drug-likeness (QED) is 0.0832. The molecule has 0 amide bonds. The largest absolute Gasteiger partial charge is 0.508 e. The van der Waals surface area contributed by atoms with E-state index < -0.39 is 0 Å². The van der Waals surface area contributed by atoms with E-state index in [2.05, 4.69) is 30.1 Å². The summed E-state index contributed by atoms with van der Waals surface area (Å²) in [5.74, 6) is -0.787. The Morgan fingerprint density at radius 3 is 1.04 bits per heavy atom. The fraction of sp³-hybridized carbons (Fsp3) is 0. The number of aliphatic imine (C=N–C) groups is 1. The SMILES string of the molecule is Oc1cc(O)cc(C2=c3ccc([nH]3)=C(c3cc(O)cc(O)c3)c3ccc([nH]3)C(c3cccc(N=C=S)c3)=c3ccc([nH]3)=C(c3cc(O)cc(O)c3)c3ccc2[nH]3)c1. The number of hydrogen-bond donors (Lipinski definition) is 10. The lowest BCUT2D eigenvalue weighted by Crippen LogP contribution is -2.19. The van der Waals surface area contributed by atoms with Crippen molar-refractivity contribution in [2.45, 2.75) is 0 Å². The van der Waals surface area contributed by atoms with Crippen molar-refractivity contribution < 1.29 is 30.6 Å². The van der Waals surface area contributed by atoms with Gasteiger partial charge in [0.15, 0.2) is 0 Å². The van der Waals surface area contributed by atoms with Crippen LogP contribution in [0.5, 0.6) is 34.5 Å². The second kappa shape index (κ2) is 13.7. The molecule has 57 heavy (non-hydrogen) atoms. The molecule has 0 saturated carbocycles. The van der Waals surface area contributed by atoms with Crippen LogP contribution >= 0.6 is 12.2 Å². The van der Waals surface area contributed by atoms with Gasteiger partial charge >= 0.3 is 0 Å². The lowest BCUT2D eigenvalue weighted by atomic mass is 10.0. The minimum Gasteiger partial charge on any atom is -0.508 e. The number of nitrogens with one attached hydrogen (secondary N) is 4. The Morgan fingerprint density at radius 2 is 0.702 bits per heavy atom. The van der Waals surface area contributed by atoms with Crippen LogP contribution in [0.1, 0.15) is 45.0 Å². The fourth-order valence-electron chi connectivity index (χ4n) is 7.57. The average molecular weight is 770 g/mol. The molecule has 4 aromatic heterocycles. The van der Waals surface area contributed by atoms with Crippen LogP contribution in [-0.4, -0.2) is 55.7 Å². The van der Waals surface area contributed by atoms with Crippen LogP contribution in [0.25, 0.3) is 22.3 Å². The lowest BCUT2D eigenvalue weighted by Gasteiger charge is -2.11. The van der Waals surface area contributed by atoms with Crippen molar-refractivity contribution in [1.82, 2.24) is 19.9 Å². The molecule has 12 heteroatoms. The molecule has 0 unspecified atom stereocenters. The van der Waals surface area contributed by atoms with Crippen LogP contribution < -0.4 is 21.4 Å². The second-order valence-electron chi connectivity index (χ2n) is 13.6. The van der Waals surface area contributed by atoms with Gasteiger partial charge < -0.3 is 50.6 Å². The predicted octanol–water partition coefficient (Wildman–Crippen LogP) is 5.27. The second-order valence-corrected chi connectivity index (χ2v) is 13.8. The Hall–Kier alpha value is -7.92. The first-order valence-electron chi connectivity index (χ1n) is 17.7. The van der Waals surface area contributed by atoms with Gasteiger partial charge in [0, 0.05) is 84.7 Å². The van der Waals surface area contributed by atoms with E-state index in [1.165, 1.54) is 18.2 Å². The number of nitrogens with zero attached hydrogens (tertiary/aromatic N) is 1. The fourth-order valence-corrected chi connectivity index (χ4v) is 7.68. The molecule has 5 heterocycles. The molecule has 11 nitrogen and oxygen atoms in total. The van der Waals surface area contributed by atoms with Crippen LogP contribution in [0.15, 0.2) is 132 Å². The van der Waals surface area contributed by atoms with Crippen molar-refractivity contribution >= 4 is 45.4 Å². The highest BCUT2D eigenvalue weighted by Crippen LogP contribution is 2.33. The Labute approximate surface area is 328 Å². The molecular weight excluding hydrogens is 739 g/mol. The summed E-state index contributed by atoms with van der Waals surface area (Å²) in [7, 11) is 0. The van der Waals surface area contributed by atoms with Gasteiger partial charge in [0.1, 0.15) is 34.5 Å². The van der Waals surface area contributed by atoms with E-state index in [1.54, 1.807) is 36.4 Å². The maximum absolute atomic E-state index is 10.6. The number of rotatable bonds is 5. The van der Waals surface area contributed by atoms with Crippen molar-refractivity contribution in [1.29, 1.82) is 0 Å². The van der Waals surface area contributed by atoms with E-state index >= 15 is 0 Å². The van der Waals surface area contributed by atoms with E-state index in [4.69, 9.17) is 12.2 Å². The minimum atomic E-state index is -0.141. The number of aromatic amines is 4. The Bertz CT molecular complexity index is 3170. The van der Waals surface area contributed by atoms with Gasteiger partial charge in [0.25, 0.3) is 0 Å². The van der Waals surface area contributed by atoms with Crippen LogP contribution in [0.2, 0.25) is 0 Å². The zero-order valence-corrected chi connectivity index (χ0v) is 30.5. The van der Waals surface area contributed by atoms with Gasteiger partial charge in [-0.25, -0.2) is 0 Å². The van der Waals surface area contributed by atoms with Gasteiger partial charge in [-0.3, -0.25) is 0 Å². The molecule has 0 saturated heterocycles. The van der Waals surface area contributed by atoms with Gasteiger partial charge in [0.2, 0.25) is 0 Å². The maximum Gasteiger partial charge on any atom is 0.119 e. The first kappa shape index (κ1) is 34.8. The topological polar surface area (TPSA) is 197 Å². The minimum absolute atomic E-state index is 0.126. The molecule has 0 spiro atoms. The van der Waals surface area contributed by atoms with Crippen LogP contribution in [-0.2, 0) is 0 Å². The van der Waals surface area contributed by atoms with Gasteiger partial charge in [-0.2, -0.15) is 4.99 Å². The van der Waals surface area contributed by atoms with E-state index in [1.807, 2.05) is 72.8 Å². The van der Waals surface area contributed by atoms with Crippen molar-refractivity contribution in [3.8, 4) is 34.5 Å². The number of phenolic OH excluding ortho intramolecular Hbond substituents is 6. The zero-order chi connectivity index (χ0) is 39.4. The molecule has 0 fully saturated rings. The number of aromatic nitrogens is 4. The van der Waals surface area contributed by atoms with E-state index in [9.17, 15) is 30.6 Å². The zero-order valence-electron chi connectivity index (χ0n) is 29.7. The molecule has 10 N–H and O–H groups in total. The van der Waals surface area contributed by atoms with E-state index in [0.717, 1.165) is 11.1 Å². The monoisotopic (exact) mass is 769 g/mol. The summed E-state index contributed by atoms with van der Waals surface area (Å²) in [5, 5.41) is 68.9. The molecule has 8 bridgehead atoms. The molecule has 0 radical (unpaired) electrons. The number of aromatic hydroxyl groups is 6. The number of thiocarbonyl (C=S) groups is 1. The number of H-pyrrole nitrogens is 4. The van der Waals surface area contributed by atoms with E-state index in [-0.39, 0.29) is 34.5 Å². The first-order valence-corrected chi connectivity index (χ1v) is 18.1. The molecule has 0 atom stereocenters. The summed E-state index contributed by atoms with van der Waals surface area (Å²) in [6.45, 7) is 0. The third-order valence-corrected chi connectivity index (χ3v) is 9.87. The number of phenols is 6.